The highest BCUT2D eigenvalue weighted by atomic mass is 32.1. The van der Waals surface area contributed by atoms with Gasteiger partial charge in [0.05, 0.1) is 16.3 Å². The van der Waals surface area contributed by atoms with E-state index in [-0.39, 0.29) is 16.8 Å². The number of fused-ring (bicyclic) bond motifs is 1. The molecule has 0 aliphatic carbocycles. The van der Waals surface area contributed by atoms with E-state index in [1.807, 2.05) is 0 Å². The number of hydrogen-bond acceptors (Lipinski definition) is 6. The van der Waals surface area contributed by atoms with Crippen LogP contribution in [0, 0.1) is 5.82 Å². The van der Waals surface area contributed by atoms with Gasteiger partial charge in [0.1, 0.15) is 11.6 Å². The van der Waals surface area contributed by atoms with E-state index in [1.165, 1.54) is 18.2 Å². The quantitative estimate of drug-likeness (QED) is 0.298. The number of nitrogens with zero attached hydrogens (tertiary/aromatic N) is 1. The fraction of sp³-hybridized carbons (Fsp3) is 0.133. The van der Waals surface area contributed by atoms with Gasteiger partial charge in [0, 0.05) is 6.07 Å². The fourth-order valence-electron chi connectivity index (χ4n) is 2.83. The van der Waals surface area contributed by atoms with Gasteiger partial charge in [-0.25, -0.2) is 9.07 Å². The predicted molar refractivity (Wildman–Crippen MR) is 104 cm³/mol. The number of aromatic nitrogens is 1. The van der Waals surface area contributed by atoms with Gasteiger partial charge < -0.3 is 30.1 Å². The fourth-order valence-corrected chi connectivity index (χ4v) is 6.48. The van der Waals surface area contributed by atoms with Gasteiger partial charge in [0.2, 0.25) is 0 Å². The average Bonchev–Trinajstić information content (AvgIpc) is 2.88. The van der Waals surface area contributed by atoms with Gasteiger partial charge in [-0.3, -0.25) is 13.9 Å². The van der Waals surface area contributed by atoms with E-state index in [2.05, 4.69) is 5.43 Å². The van der Waals surface area contributed by atoms with Crippen molar-refractivity contribution in [2.24, 2.45) is 0 Å². The second-order valence-corrected chi connectivity index (χ2v) is 11.0. The first-order valence-electron chi connectivity index (χ1n) is 7.85. The Morgan fingerprint density at radius 2 is 1.59 bits per heavy atom. The summed E-state index contributed by atoms with van der Waals surface area (Å²) < 4.78 is 38.4. The van der Waals surface area contributed by atoms with Crippen molar-refractivity contribution in [2.45, 2.75) is 11.4 Å². The molecule has 0 saturated heterocycles. The molecule has 3 rings (SSSR count). The molecule has 2 aromatic carbocycles. The van der Waals surface area contributed by atoms with E-state index >= 15 is 0 Å². The van der Waals surface area contributed by atoms with Crippen molar-refractivity contribution in [1.29, 1.82) is 0 Å². The minimum atomic E-state index is -5.41. The molecule has 29 heavy (non-hydrogen) atoms. The van der Waals surface area contributed by atoms with Crippen LogP contribution in [0.5, 0.6) is 5.75 Å². The first-order valence-corrected chi connectivity index (χ1v) is 12.0. The van der Waals surface area contributed by atoms with Gasteiger partial charge in [-0.1, -0.05) is 23.5 Å². The van der Waals surface area contributed by atoms with E-state index in [4.69, 9.17) is 0 Å². The standard InChI is InChI=1S/C15H15FN2O8P2S/c16-9-3-1-8(2-4-9)13(14(27(21,22)23)28(24,25)26)17-18-11-7-10(19)5-6-12(11)29-15(18)20/h1-7,13-14,17,19H,(H2,21,22,23)(H2,24,25,26). The molecule has 1 unspecified atom stereocenters. The summed E-state index contributed by atoms with van der Waals surface area (Å²) in [5.74, 6) is -0.884. The van der Waals surface area contributed by atoms with E-state index in [0.29, 0.717) is 4.70 Å². The Balaban J connectivity index is 2.22. The number of halogens is 1. The van der Waals surface area contributed by atoms with Crippen molar-refractivity contribution in [2.75, 3.05) is 5.43 Å². The van der Waals surface area contributed by atoms with Crippen LogP contribution < -0.4 is 10.3 Å². The van der Waals surface area contributed by atoms with Crippen molar-refractivity contribution in [3.05, 3.63) is 63.5 Å². The zero-order valence-corrected chi connectivity index (χ0v) is 16.9. The molecule has 0 saturated carbocycles. The molecule has 0 aliphatic rings. The van der Waals surface area contributed by atoms with Crippen molar-refractivity contribution in [3.8, 4) is 5.75 Å². The minimum absolute atomic E-state index is 0.0746. The minimum Gasteiger partial charge on any atom is -0.508 e. The number of rotatable bonds is 6. The highest BCUT2D eigenvalue weighted by molar-refractivity contribution is 7.71. The van der Waals surface area contributed by atoms with E-state index in [1.54, 1.807) is 0 Å². The van der Waals surface area contributed by atoms with Crippen LogP contribution in [0.1, 0.15) is 11.6 Å². The summed E-state index contributed by atoms with van der Waals surface area (Å²) in [6.45, 7) is 0. The number of benzene rings is 2. The normalized spacial score (nSPS) is 13.7. The highest BCUT2D eigenvalue weighted by Gasteiger charge is 2.50. The van der Waals surface area contributed by atoms with Crippen molar-refractivity contribution in [1.82, 2.24) is 4.68 Å². The Hall–Kier alpha value is -2.04. The van der Waals surface area contributed by atoms with Gasteiger partial charge >= 0.3 is 20.1 Å². The Morgan fingerprint density at radius 1 is 1.00 bits per heavy atom. The number of nitrogens with one attached hydrogen (secondary N) is 1. The van der Waals surface area contributed by atoms with Crippen LogP contribution in [0.25, 0.3) is 10.2 Å². The van der Waals surface area contributed by atoms with Crippen LogP contribution in [-0.2, 0) is 9.13 Å². The zero-order valence-electron chi connectivity index (χ0n) is 14.3. The maximum Gasteiger partial charge on any atom is 0.343 e. The topological polar surface area (TPSA) is 169 Å². The molecule has 1 aromatic heterocycles. The van der Waals surface area contributed by atoms with Crippen LogP contribution in [0.4, 0.5) is 4.39 Å². The molecule has 10 nitrogen and oxygen atoms in total. The molecule has 0 bridgehead atoms. The molecule has 6 N–H and O–H groups in total. The molecule has 14 heteroatoms. The molecular weight excluding hydrogens is 449 g/mol. The maximum atomic E-state index is 13.3. The lowest BCUT2D eigenvalue weighted by Gasteiger charge is -2.30. The van der Waals surface area contributed by atoms with Crippen molar-refractivity contribution < 1.29 is 38.2 Å². The number of thiazole rings is 1. The third kappa shape index (κ3) is 4.59. The van der Waals surface area contributed by atoms with Crippen molar-refractivity contribution >= 4 is 36.7 Å². The molecule has 1 heterocycles. The highest BCUT2D eigenvalue weighted by Crippen LogP contribution is 2.64. The van der Waals surface area contributed by atoms with Crippen molar-refractivity contribution in [3.63, 3.8) is 0 Å². The lowest BCUT2D eigenvalue weighted by Crippen LogP contribution is -2.35. The first kappa shape index (κ1) is 21.7. The maximum absolute atomic E-state index is 13.3. The molecule has 0 fully saturated rings. The predicted octanol–water partition coefficient (Wildman–Crippen LogP) is 1.87. The molecule has 0 spiro atoms. The Morgan fingerprint density at radius 3 is 2.14 bits per heavy atom. The van der Waals surface area contributed by atoms with Crippen LogP contribution in [0.3, 0.4) is 0 Å². The molecule has 1 atom stereocenters. The van der Waals surface area contributed by atoms with Crippen LogP contribution >= 0.6 is 26.5 Å². The molecule has 0 aliphatic heterocycles. The van der Waals surface area contributed by atoms with E-state index < -0.39 is 37.3 Å². The van der Waals surface area contributed by atoms with Crippen LogP contribution in [-0.4, -0.2) is 34.8 Å². The molecule has 156 valence electrons. The van der Waals surface area contributed by atoms with Crippen LogP contribution in [0.2, 0.25) is 0 Å². The number of hydrogen-bond donors (Lipinski definition) is 6. The SMILES string of the molecule is O=c1sc2ccc(O)cc2n1NC(c1ccc(F)cc1)C(P(=O)(O)O)P(=O)(O)O. The summed E-state index contributed by atoms with van der Waals surface area (Å²) in [7, 11) is -10.8. The summed E-state index contributed by atoms with van der Waals surface area (Å²) in [4.78, 5) is 50.3. The second-order valence-electron chi connectivity index (χ2n) is 6.11. The molecule has 3 aromatic rings. The molecule has 0 radical (unpaired) electrons. The Bertz CT molecular complexity index is 1180. The monoisotopic (exact) mass is 464 g/mol. The van der Waals surface area contributed by atoms with Gasteiger partial charge in [0.15, 0.2) is 5.40 Å². The number of phenolic OH excluding ortho intramolecular Hbond substituents is 1. The van der Waals surface area contributed by atoms with Crippen LogP contribution in [0.15, 0.2) is 47.3 Å². The lowest BCUT2D eigenvalue weighted by molar-refractivity contribution is 0.330. The summed E-state index contributed by atoms with van der Waals surface area (Å²) in [6.07, 6.45) is 0. The third-order valence-electron chi connectivity index (χ3n) is 4.05. The second kappa shape index (κ2) is 7.66. The summed E-state index contributed by atoms with van der Waals surface area (Å²) in [6, 6.07) is 6.26. The number of phenols is 1. The average molecular weight is 464 g/mol. The lowest BCUT2D eigenvalue weighted by atomic mass is 10.1. The Labute approximate surface area is 166 Å². The van der Waals surface area contributed by atoms with Gasteiger partial charge in [0.25, 0.3) is 0 Å². The largest absolute Gasteiger partial charge is 0.508 e. The molecule has 0 amide bonds. The van der Waals surface area contributed by atoms with E-state index in [9.17, 15) is 43.0 Å². The first-order chi connectivity index (χ1) is 13.4. The summed E-state index contributed by atoms with van der Waals surface area (Å²) in [5, 5.41) is 7.13. The van der Waals surface area contributed by atoms with E-state index in [0.717, 1.165) is 40.3 Å². The number of aromatic hydroxyl groups is 1. The Kier molecular flexibility index (Phi) is 5.72. The van der Waals surface area contributed by atoms with Gasteiger partial charge in [-0.15, -0.1) is 0 Å². The third-order valence-corrected chi connectivity index (χ3v) is 8.75. The smallest absolute Gasteiger partial charge is 0.343 e. The summed E-state index contributed by atoms with van der Waals surface area (Å²) in [5.41, 5.74) is 2.50. The van der Waals surface area contributed by atoms with Gasteiger partial charge in [-0.05, 0) is 29.8 Å². The summed E-state index contributed by atoms with van der Waals surface area (Å²) >= 11 is 0.739. The zero-order chi connectivity index (χ0) is 21.6. The van der Waals surface area contributed by atoms with Gasteiger partial charge in [-0.2, -0.15) is 0 Å². The molecular formula is C15H15FN2O8P2S.